The molecule has 0 radical (unpaired) electrons. The average molecular weight is 354 g/mol. The van der Waals surface area contributed by atoms with E-state index in [2.05, 4.69) is 4.72 Å². The molecule has 0 spiro atoms. The molecule has 23 heavy (non-hydrogen) atoms. The molecule has 2 rings (SSSR count). The van der Waals surface area contributed by atoms with Crippen LogP contribution in [-0.4, -0.2) is 19.5 Å². The van der Waals surface area contributed by atoms with Crippen molar-refractivity contribution in [1.82, 2.24) is 0 Å². The van der Waals surface area contributed by atoms with E-state index in [-0.39, 0.29) is 21.2 Å². The molecule has 0 saturated heterocycles. The highest BCUT2D eigenvalue weighted by Crippen LogP contribution is 2.28. The van der Waals surface area contributed by atoms with Gasteiger partial charge in [-0.15, -0.1) is 0 Å². The number of aryl methyl sites for hydroxylation is 3. The first-order valence-electron chi connectivity index (χ1n) is 6.75. The third kappa shape index (κ3) is 3.65. The number of carboxylic acid groups (broad SMARTS) is 1. The monoisotopic (exact) mass is 353 g/mol. The standard InChI is InChI=1S/C16H16ClNO4S/c1-9-6-11(3)15(13(7-9)16(19)20)18-23(21,22)14-8-12(17)5-4-10(14)2/h4-8,18H,1-3H3,(H,19,20). The number of halogens is 1. The Balaban J connectivity index is 2.58. The Morgan fingerprint density at radius 1 is 1.09 bits per heavy atom. The summed E-state index contributed by atoms with van der Waals surface area (Å²) in [4.78, 5) is 11.4. The fourth-order valence-corrected chi connectivity index (χ4v) is 3.98. The Morgan fingerprint density at radius 3 is 2.35 bits per heavy atom. The van der Waals surface area contributed by atoms with E-state index in [9.17, 15) is 18.3 Å². The number of nitrogens with one attached hydrogen (secondary N) is 1. The van der Waals surface area contributed by atoms with Gasteiger partial charge in [0.1, 0.15) is 0 Å². The van der Waals surface area contributed by atoms with Gasteiger partial charge in [0.2, 0.25) is 0 Å². The minimum absolute atomic E-state index is 0.0151. The zero-order chi connectivity index (χ0) is 17.4. The van der Waals surface area contributed by atoms with Crippen LogP contribution in [0.4, 0.5) is 5.69 Å². The number of carbonyl (C=O) groups is 1. The summed E-state index contributed by atoms with van der Waals surface area (Å²) in [6, 6.07) is 7.67. The molecule has 0 aliphatic carbocycles. The predicted octanol–water partition coefficient (Wildman–Crippen LogP) is 3.76. The molecular weight excluding hydrogens is 338 g/mol. The zero-order valence-electron chi connectivity index (χ0n) is 12.8. The first-order chi connectivity index (χ1) is 10.6. The van der Waals surface area contributed by atoms with Crippen molar-refractivity contribution in [3.63, 3.8) is 0 Å². The van der Waals surface area contributed by atoms with E-state index in [0.29, 0.717) is 11.1 Å². The number of carboxylic acids is 1. The van der Waals surface area contributed by atoms with Gasteiger partial charge < -0.3 is 5.11 Å². The van der Waals surface area contributed by atoms with Crippen molar-refractivity contribution in [1.29, 1.82) is 0 Å². The molecule has 0 aromatic heterocycles. The molecule has 2 N–H and O–H groups in total. The van der Waals surface area contributed by atoms with Crippen LogP contribution in [0.3, 0.4) is 0 Å². The Morgan fingerprint density at radius 2 is 1.74 bits per heavy atom. The molecule has 0 saturated carbocycles. The third-order valence-corrected chi connectivity index (χ3v) is 5.11. The molecule has 0 atom stereocenters. The normalized spacial score (nSPS) is 11.3. The largest absolute Gasteiger partial charge is 0.478 e. The van der Waals surface area contributed by atoms with Crippen molar-refractivity contribution in [3.8, 4) is 0 Å². The lowest BCUT2D eigenvalue weighted by Crippen LogP contribution is -2.17. The summed E-state index contributed by atoms with van der Waals surface area (Å²) in [6.45, 7) is 5.05. The molecule has 0 aliphatic rings. The number of aromatic carboxylic acids is 1. The first kappa shape index (κ1) is 17.3. The summed E-state index contributed by atoms with van der Waals surface area (Å²) in [5.41, 5.74) is 1.75. The van der Waals surface area contributed by atoms with Crippen LogP contribution in [0, 0.1) is 20.8 Å². The second kappa shape index (κ2) is 6.22. The van der Waals surface area contributed by atoms with Crippen molar-refractivity contribution >= 4 is 33.3 Å². The lowest BCUT2D eigenvalue weighted by molar-refractivity contribution is 0.0698. The van der Waals surface area contributed by atoms with Gasteiger partial charge in [-0.05, 0) is 55.7 Å². The molecule has 5 nitrogen and oxygen atoms in total. The van der Waals surface area contributed by atoms with Gasteiger partial charge in [0.05, 0.1) is 16.1 Å². The Kier molecular flexibility index (Phi) is 4.68. The van der Waals surface area contributed by atoms with E-state index >= 15 is 0 Å². The van der Waals surface area contributed by atoms with Crippen LogP contribution in [0.25, 0.3) is 0 Å². The van der Waals surface area contributed by atoms with Gasteiger partial charge in [0.15, 0.2) is 0 Å². The van der Waals surface area contributed by atoms with Gasteiger partial charge in [-0.2, -0.15) is 0 Å². The molecule has 0 unspecified atom stereocenters. The van der Waals surface area contributed by atoms with E-state index < -0.39 is 16.0 Å². The van der Waals surface area contributed by atoms with E-state index in [1.807, 2.05) is 0 Å². The average Bonchev–Trinajstić information content (AvgIpc) is 2.43. The molecule has 0 heterocycles. The van der Waals surface area contributed by atoms with E-state index in [1.54, 1.807) is 39.0 Å². The molecular formula is C16H16ClNO4S. The molecule has 0 aliphatic heterocycles. The Hall–Kier alpha value is -2.05. The summed E-state index contributed by atoms with van der Waals surface area (Å²) in [5.74, 6) is -1.20. The molecule has 7 heteroatoms. The molecule has 2 aromatic rings. The van der Waals surface area contributed by atoms with E-state index in [0.717, 1.165) is 5.56 Å². The highest BCUT2D eigenvalue weighted by molar-refractivity contribution is 7.92. The number of anilines is 1. The summed E-state index contributed by atoms with van der Waals surface area (Å²) in [6.07, 6.45) is 0. The van der Waals surface area contributed by atoms with Crippen LogP contribution >= 0.6 is 11.6 Å². The maximum atomic E-state index is 12.6. The number of benzene rings is 2. The Bertz CT molecular complexity index is 891. The van der Waals surface area contributed by atoms with Crippen molar-refractivity contribution in [2.75, 3.05) is 4.72 Å². The lowest BCUT2D eigenvalue weighted by atomic mass is 10.0. The van der Waals surface area contributed by atoms with E-state index in [1.165, 1.54) is 12.1 Å². The number of rotatable bonds is 4. The van der Waals surface area contributed by atoms with Gasteiger partial charge in [0.25, 0.3) is 10.0 Å². The number of sulfonamides is 1. The fraction of sp³-hybridized carbons (Fsp3) is 0.188. The van der Waals surface area contributed by atoms with Crippen LogP contribution in [0.5, 0.6) is 0 Å². The highest BCUT2D eigenvalue weighted by Gasteiger charge is 2.22. The van der Waals surface area contributed by atoms with Crippen molar-refractivity contribution in [2.45, 2.75) is 25.7 Å². The summed E-state index contributed by atoms with van der Waals surface area (Å²) in [5, 5.41) is 9.61. The highest BCUT2D eigenvalue weighted by atomic mass is 35.5. The minimum Gasteiger partial charge on any atom is -0.478 e. The van der Waals surface area contributed by atoms with Crippen LogP contribution in [-0.2, 0) is 10.0 Å². The van der Waals surface area contributed by atoms with Crippen LogP contribution in [0.15, 0.2) is 35.2 Å². The van der Waals surface area contributed by atoms with Crippen molar-refractivity contribution in [3.05, 3.63) is 57.6 Å². The molecule has 0 bridgehead atoms. The van der Waals surface area contributed by atoms with Gasteiger partial charge in [-0.25, -0.2) is 13.2 Å². The third-order valence-electron chi connectivity index (χ3n) is 3.39. The van der Waals surface area contributed by atoms with Crippen molar-refractivity contribution in [2.24, 2.45) is 0 Å². The topological polar surface area (TPSA) is 83.5 Å². The first-order valence-corrected chi connectivity index (χ1v) is 8.61. The summed E-state index contributed by atoms with van der Waals surface area (Å²) >= 11 is 5.87. The summed E-state index contributed by atoms with van der Waals surface area (Å²) < 4.78 is 27.6. The summed E-state index contributed by atoms with van der Waals surface area (Å²) in [7, 11) is -3.96. The number of hydrogen-bond acceptors (Lipinski definition) is 3. The lowest BCUT2D eigenvalue weighted by Gasteiger charge is -2.15. The van der Waals surface area contributed by atoms with Gasteiger partial charge in [-0.1, -0.05) is 23.7 Å². The number of hydrogen-bond donors (Lipinski definition) is 2. The maximum Gasteiger partial charge on any atom is 0.337 e. The van der Waals surface area contributed by atoms with Crippen LogP contribution < -0.4 is 4.72 Å². The smallest absolute Gasteiger partial charge is 0.337 e. The van der Waals surface area contributed by atoms with E-state index in [4.69, 9.17) is 11.6 Å². The molecule has 0 fully saturated rings. The van der Waals surface area contributed by atoms with Gasteiger partial charge in [0, 0.05) is 5.02 Å². The van der Waals surface area contributed by atoms with Gasteiger partial charge >= 0.3 is 5.97 Å². The van der Waals surface area contributed by atoms with Crippen molar-refractivity contribution < 1.29 is 18.3 Å². The predicted molar refractivity (Wildman–Crippen MR) is 89.9 cm³/mol. The minimum atomic E-state index is -3.96. The second-order valence-electron chi connectivity index (χ2n) is 5.32. The molecule has 0 amide bonds. The zero-order valence-corrected chi connectivity index (χ0v) is 14.4. The quantitative estimate of drug-likeness (QED) is 0.876. The SMILES string of the molecule is Cc1cc(C)c(NS(=O)(=O)c2cc(Cl)ccc2C)c(C(=O)O)c1. The second-order valence-corrected chi connectivity index (χ2v) is 7.41. The Labute approximate surface area is 140 Å². The molecule has 2 aromatic carbocycles. The van der Waals surface area contributed by atoms with Gasteiger partial charge in [-0.3, -0.25) is 4.72 Å². The maximum absolute atomic E-state index is 12.6. The van der Waals surface area contributed by atoms with Crippen LogP contribution in [0.2, 0.25) is 5.02 Å². The van der Waals surface area contributed by atoms with Crippen LogP contribution in [0.1, 0.15) is 27.0 Å². The fourth-order valence-electron chi connectivity index (χ4n) is 2.32. The molecule has 122 valence electrons.